The van der Waals surface area contributed by atoms with E-state index in [2.05, 4.69) is 10.2 Å². The lowest BCUT2D eigenvalue weighted by Gasteiger charge is -2.07. The maximum Gasteiger partial charge on any atom is 0.191 e. The Kier molecular flexibility index (Phi) is 5.49. The van der Waals surface area contributed by atoms with Crippen molar-refractivity contribution >= 4 is 17.5 Å². The van der Waals surface area contributed by atoms with Crippen LogP contribution < -0.4 is 0 Å². The second-order valence-electron chi connectivity index (χ2n) is 5.82. The summed E-state index contributed by atoms with van der Waals surface area (Å²) in [7, 11) is 0. The highest BCUT2D eigenvalue weighted by molar-refractivity contribution is 7.99. The molecule has 3 aromatic rings. The molecule has 0 bridgehead atoms. The monoisotopic (exact) mass is 362 g/mol. The second kappa shape index (κ2) is 7.98. The van der Waals surface area contributed by atoms with Crippen LogP contribution in [0.15, 0.2) is 53.7 Å². The molecule has 0 amide bonds. The highest BCUT2D eigenvalue weighted by atomic mass is 32.2. The molecule has 0 unspecified atom stereocenters. The Morgan fingerprint density at radius 1 is 1.12 bits per heavy atom. The molecule has 0 aliphatic rings. The lowest BCUT2D eigenvalue weighted by Crippen LogP contribution is -2.05. The quantitative estimate of drug-likeness (QED) is 0.487. The average molecular weight is 362 g/mol. The van der Waals surface area contributed by atoms with Crippen molar-refractivity contribution in [3.63, 3.8) is 0 Å². The standard InChI is InChI=1S/C20H18N4OS/c1-3-24-19(17-8-4-14(2)5-9-17)22-23-20(24)26-13-18(25)16-10-6-15(12-21)7-11-16/h4-11H,3,13H2,1-2H3. The van der Waals surface area contributed by atoms with Crippen LogP contribution in [0.4, 0.5) is 0 Å². The molecule has 1 heterocycles. The summed E-state index contributed by atoms with van der Waals surface area (Å²) in [6.07, 6.45) is 0. The molecule has 130 valence electrons. The van der Waals surface area contributed by atoms with E-state index in [4.69, 9.17) is 5.26 Å². The van der Waals surface area contributed by atoms with Crippen molar-refractivity contribution < 1.29 is 4.79 Å². The van der Waals surface area contributed by atoms with Crippen LogP contribution in [-0.2, 0) is 6.54 Å². The summed E-state index contributed by atoms with van der Waals surface area (Å²) < 4.78 is 2.02. The Balaban J connectivity index is 1.74. The summed E-state index contributed by atoms with van der Waals surface area (Å²) >= 11 is 1.38. The number of thioether (sulfide) groups is 1. The summed E-state index contributed by atoms with van der Waals surface area (Å²) in [6, 6.07) is 16.9. The molecule has 0 N–H and O–H groups in total. The predicted molar refractivity (Wildman–Crippen MR) is 102 cm³/mol. The number of nitrogens with zero attached hydrogens (tertiary/aromatic N) is 4. The molecule has 26 heavy (non-hydrogen) atoms. The molecule has 1 aromatic heterocycles. The largest absolute Gasteiger partial charge is 0.302 e. The fraction of sp³-hybridized carbons (Fsp3) is 0.200. The Morgan fingerprint density at radius 2 is 1.81 bits per heavy atom. The van der Waals surface area contributed by atoms with Crippen molar-refractivity contribution in [2.75, 3.05) is 5.75 Å². The minimum absolute atomic E-state index is 0.00188. The van der Waals surface area contributed by atoms with Crippen molar-refractivity contribution in [3.8, 4) is 17.5 Å². The summed E-state index contributed by atoms with van der Waals surface area (Å²) in [6.45, 7) is 4.81. The van der Waals surface area contributed by atoms with E-state index in [1.807, 2.05) is 48.7 Å². The zero-order valence-corrected chi connectivity index (χ0v) is 15.5. The van der Waals surface area contributed by atoms with Crippen molar-refractivity contribution in [3.05, 3.63) is 65.2 Å². The van der Waals surface area contributed by atoms with Crippen molar-refractivity contribution in [2.24, 2.45) is 0 Å². The minimum Gasteiger partial charge on any atom is -0.302 e. The number of aryl methyl sites for hydroxylation is 1. The van der Waals surface area contributed by atoms with E-state index in [9.17, 15) is 4.79 Å². The Labute approximate surface area is 156 Å². The molecule has 0 saturated heterocycles. The molecular weight excluding hydrogens is 344 g/mol. The van der Waals surface area contributed by atoms with Crippen LogP contribution in [0, 0.1) is 18.3 Å². The maximum atomic E-state index is 12.4. The van der Waals surface area contributed by atoms with Gasteiger partial charge in [0.25, 0.3) is 0 Å². The molecule has 0 saturated carbocycles. The lowest BCUT2D eigenvalue weighted by atomic mass is 10.1. The third kappa shape index (κ3) is 3.84. The fourth-order valence-electron chi connectivity index (χ4n) is 2.54. The van der Waals surface area contributed by atoms with Gasteiger partial charge in [-0.25, -0.2) is 0 Å². The highest BCUT2D eigenvalue weighted by Crippen LogP contribution is 2.24. The number of hydrogen-bond acceptors (Lipinski definition) is 5. The zero-order valence-electron chi connectivity index (χ0n) is 14.6. The topological polar surface area (TPSA) is 71.6 Å². The fourth-order valence-corrected chi connectivity index (χ4v) is 3.44. The molecular formula is C20H18N4OS. The smallest absolute Gasteiger partial charge is 0.191 e. The first-order valence-corrected chi connectivity index (χ1v) is 9.27. The first-order chi connectivity index (χ1) is 12.6. The number of ketones is 1. The van der Waals surface area contributed by atoms with Crippen molar-refractivity contribution in [1.29, 1.82) is 5.26 Å². The van der Waals surface area contributed by atoms with E-state index in [0.717, 1.165) is 23.1 Å². The molecule has 3 rings (SSSR count). The van der Waals surface area contributed by atoms with E-state index < -0.39 is 0 Å². The molecule has 0 atom stereocenters. The van der Waals surface area contributed by atoms with Gasteiger partial charge in [0.1, 0.15) is 0 Å². The summed E-state index contributed by atoms with van der Waals surface area (Å²) in [4.78, 5) is 12.4. The first kappa shape index (κ1) is 17.9. The average Bonchev–Trinajstić information content (AvgIpc) is 3.09. The Hall–Kier alpha value is -2.91. The van der Waals surface area contributed by atoms with Gasteiger partial charge >= 0.3 is 0 Å². The molecule has 0 spiro atoms. The van der Waals surface area contributed by atoms with Crippen LogP contribution in [0.25, 0.3) is 11.4 Å². The predicted octanol–water partition coefficient (Wildman–Crippen LogP) is 4.12. The van der Waals surface area contributed by atoms with Gasteiger partial charge in [-0.2, -0.15) is 5.26 Å². The summed E-state index contributed by atoms with van der Waals surface area (Å²) in [5, 5.41) is 18.1. The molecule has 6 heteroatoms. The Bertz CT molecular complexity index is 953. The third-order valence-electron chi connectivity index (χ3n) is 4.01. The SMILES string of the molecule is CCn1c(SCC(=O)c2ccc(C#N)cc2)nnc1-c1ccc(C)cc1. The van der Waals surface area contributed by atoms with Gasteiger partial charge in [-0.15, -0.1) is 10.2 Å². The third-order valence-corrected chi connectivity index (χ3v) is 4.98. The zero-order chi connectivity index (χ0) is 18.5. The van der Waals surface area contributed by atoms with E-state index in [-0.39, 0.29) is 11.5 Å². The number of nitriles is 1. The van der Waals surface area contributed by atoms with Crippen LogP contribution in [-0.4, -0.2) is 26.3 Å². The Morgan fingerprint density at radius 3 is 2.42 bits per heavy atom. The molecule has 5 nitrogen and oxygen atoms in total. The molecule has 0 aliphatic heterocycles. The van der Waals surface area contributed by atoms with Gasteiger partial charge in [0.2, 0.25) is 0 Å². The van der Waals surface area contributed by atoms with Crippen LogP contribution >= 0.6 is 11.8 Å². The molecule has 0 fully saturated rings. The maximum absolute atomic E-state index is 12.4. The highest BCUT2D eigenvalue weighted by Gasteiger charge is 2.15. The van der Waals surface area contributed by atoms with E-state index in [0.29, 0.717) is 11.1 Å². The number of rotatable bonds is 6. The minimum atomic E-state index is 0.00188. The molecule has 0 aliphatic carbocycles. The second-order valence-corrected chi connectivity index (χ2v) is 6.76. The number of hydrogen-bond donors (Lipinski definition) is 0. The number of carbonyl (C=O) groups is 1. The number of carbonyl (C=O) groups excluding carboxylic acids is 1. The number of Topliss-reactive ketones (excluding diaryl/α,β-unsaturated/α-hetero) is 1. The van der Waals surface area contributed by atoms with Crippen molar-refractivity contribution in [2.45, 2.75) is 25.5 Å². The number of aromatic nitrogens is 3. The normalized spacial score (nSPS) is 10.5. The molecule has 0 radical (unpaired) electrons. The van der Waals surface area contributed by atoms with E-state index in [1.165, 1.54) is 17.3 Å². The van der Waals surface area contributed by atoms with Gasteiger partial charge in [0, 0.05) is 17.7 Å². The van der Waals surface area contributed by atoms with Gasteiger partial charge in [0.15, 0.2) is 16.8 Å². The number of benzene rings is 2. The van der Waals surface area contributed by atoms with Gasteiger partial charge in [0.05, 0.1) is 17.4 Å². The summed E-state index contributed by atoms with van der Waals surface area (Å²) in [5.41, 5.74) is 3.34. The van der Waals surface area contributed by atoms with Crippen molar-refractivity contribution in [1.82, 2.24) is 14.8 Å². The van der Waals surface area contributed by atoms with E-state index >= 15 is 0 Å². The van der Waals surface area contributed by atoms with Crippen LogP contribution in [0.5, 0.6) is 0 Å². The van der Waals surface area contributed by atoms with Crippen LogP contribution in [0.2, 0.25) is 0 Å². The van der Waals surface area contributed by atoms with Gasteiger partial charge in [-0.3, -0.25) is 4.79 Å². The lowest BCUT2D eigenvalue weighted by molar-refractivity contribution is 0.102. The van der Waals surface area contributed by atoms with Gasteiger partial charge in [-0.1, -0.05) is 53.7 Å². The van der Waals surface area contributed by atoms with Crippen LogP contribution in [0.1, 0.15) is 28.4 Å². The van der Waals surface area contributed by atoms with Crippen LogP contribution in [0.3, 0.4) is 0 Å². The first-order valence-electron chi connectivity index (χ1n) is 8.28. The molecule has 2 aromatic carbocycles. The van der Waals surface area contributed by atoms with Gasteiger partial charge < -0.3 is 4.57 Å². The van der Waals surface area contributed by atoms with E-state index in [1.54, 1.807) is 24.3 Å². The van der Waals surface area contributed by atoms with Gasteiger partial charge in [-0.05, 0) is 26.0 Å². The summed E-state index contributed by atoms with van der Waals surface area (Å²) in [5.74, 6) is 1.08.